The zero-order chi connectivity index (χ0) is 13.9. The number of hydrogen-bond acceptors (Lipinski definition) is 2. The summed E-state index contributed by atoms with van der Waals surface area (Å²) in [7, 11) is 0. The summed E-state index contributed by atoms with van der Waals surface area (Å²) in [5, 5.41) is 4.54. The van der Waals surface area contributed by atoms with Gasteiger partial charge in [-0.05, 0) is 63.4 Å². The standard InChI is InChI=1S/C17H25ClN2/c1-13(14-7-9-15(18)10-8-14)20-12-3-2-6-17(20)16-5-4-11-19-16/h7-10,13,16-17,19H,2-6,11-12H2,1H3. The minimum atomic E-state index is 0.486. The van der Waals surface area contributed by atoms with Gasteiger partial charge in [-0.25, -0.2) is 0 Å². The normalized spacial score (nSPS) is 29.5. The summed E-state index contributed by atoms with van der Waals surface area (Å²) in [6.07, 6.45) is 6.74. The Hall–Kier alpha value is -0.570. The SMILES string of the molecule is CC(c1ccc(Cl)cc1)N1CCCCC1C1CCCN1. The second-order valence-electron chi connectivity index (χ2n) is 6.23. The zero-order valence-corrected chi connectivity index (χ0v) is 13.1. The molecule has 3 unspecified atom stereocenters. The monoisotopic (exact) mass is 292 g/mol. The Bertz CT molecular complexity index is 425. The second-order valence-corrected chi connectivity index (χ2v) is 6.67. The molecule has 3 heteroatoms. The van der Waals surface area contributed by atoms with E-state index in [-0.39, 0.29) is 0 Å². The van der Waals surface area contributed by atoms with E-state index >= 15 is 0 Å². The van der Waals surface area contributed by atoms with Crippen LogP contribution in [0.1, 0.15) is 50.6 Å². The molecule has 1 aromatic rings. The summed E-state index contributed by atoms with van der Waals surface area (Å²) in [5.74, 6) is 0. The lowest BCUT2D eigenvalue weighted by molar-refractivity contribution is 0.0803. The first-order valence-electron chi connectivity index (χ1n) is 8.00. The maximum absolute atomic E-state index is 6.01. The van der Waals surface area contributed by atoms with Crippen molar-refractivity contribution in [1.29, 1.82) is 0 Å². The van der Waals surface area contributed by atoms with Crippen molar-refractivity contribution in [2.45, 2.75) is 57.2 Å². The molecular weight excluding hydrogens is 268 g/mol. The van der Waals surface area contributed by atoms with Gasteiger partial charge >= 0.3 is 0 Å². The molecule has 1 N–H and O–H groups in total. The van der Waals surface area contributed by atoms with E-state index in [1.165, 1.54) is 50.8 Å². The quantitative estimate of drug-likeness (QED) is 0.905. The Balaban J connectivity index is 1.76. The number of hydrogen-bond donors (Lipinski definition) is 1. The summed E-state index contributed by atoms with van der Waals surface area (Å²) in [6, 6.07) is 10.3. The number of benzene rings is 1. The molecule has 0 radical (unpaired) electrons. The van der Waals surface area contributed by atoms with E-state index in [9.17, 15) is 0 Å². The van der Waals surface area contributed by atoms with Crippen LogP contribution in [-0.4, -0.2) is 30.1 Å². The first-order valence-corrected chi connectivity index (χ1v) is 8.38. The second kappa shape index (κ2) is 6.46. The van der Waals surface area contributed by atoms with E-state index in [4.69, 9.17) is 11.6 Å². The Morgan fingerprint density at radius 1 is 1.15 bits per heavy atom. The fourth-order valence-corrected chi connectivity index (χ4v) is 3.99. The number of nitrogens with zero attached hydrogens (tertiary/aromatic N) is 1. The molecule has 2 aliphatic rings. The molecule has 0 saturated carbocycles. The smallest absolute Gasteiger partial charge is 0.0406 e. The van der Waals surface area contributed by atoms with Gasteiger partial charge in [0, 0.05) is 23.1 Å². The molecule has 2 aliphatic heterocycles. The topological polar surface area (TPSA) is 15.3 Å². The summed E-state index contributed by atoms with van der Waals surface area (Å²) in [5.41, 5.74) is 1.39. The van der Waals surface area contributed by atoms with E-state index in [1.807, 2.05) is 12.1 Å². The highest BCUT2D eigenvalue weighted by atomic mass is 35.5. The van der Waals surface area contributed by atoms with E-state index < -0.39 is 0 Å². The molecular formula is C17H25ClN2. The van der Waals surface area contributed by atoms with E-state index in [1.54, 1.807) is 0 Å². The molecule has 110 valence electrons. The zero-order valence-electron chi connectivity index (χ0n) is 12.3. The van der Waals surface area contributed by atoms with Crippen molar-refractivity contribution < 1.29 is 0 Å². The maximum atomic E-state index is 6.01. The third-order valence-corrected chi connectivity index (χ3v) is 5.26. The van der Waals surface area contributed by atoms with Crippen LogP contribution in [0.4, 0.5) is 0 Å². The maximum Gasteiger partial charge on any atom is 0.0406 e. The van der Waals surface area contributed by atoms with Crippen molar-refractivity contribution in [2.75, 3.05) is 13.1 Å². The third-order valence-electron chi connectivity index (χ3n) is 5.00. The fourth-order valence-electron chi connectivity index (χ4n) is 3.87. The average Bonchev–Trinajstić information content (AvgIpc) is 3.01. The lowest BCUT2D eigenvalue weighted by Crippen LogP contribution is -2.50. The third kappa shape index (κ3) is 3.03. The molecule has 20 heavy (non-hydrogen) atoms. The van der Waals surface area contributed by atoms with Gasteiger partial charge in [-0.3, -0.25) is 4.90 Å². The van der Waals surface area contributed by atoms with Crippen molar-refractivity contribution >= 4 is 11.6 Å². The molecule has 0 aliphatic carbocycles. The van der Waals surface area contributed by atoms with Crippen molar-refractivity contribution in [2.24, 2.45) is 0 Å². The van der Waals surface area contributed by atoms with Crippen molar-refractivity contribution in [3.63, 3.8) is 0 Å². The van der Waals surface area contributed by atoms with Gasteiger partial charge in [0.25, 0.3) is 0 Å². The van der Waals surface area contributed by atoms with Gasteiger partial charge in [-0.1, -0.05) is 30.2 Å². The van der Waals surface area contributed by atoms with Crippen LogP contribution in [0.2, 0.25) is 5.02 Å². The Morgan fingerprint density at radius 2 is 1.95 bits per heavy atom. The summed E-state index contributed by atoms with van der Waals surface area (Å²) < 4.78 is 0. The largest absolute Gasteiger partial charge is 0.312 e. The number of nitrogens with one attached hydrogen (secondary N) is 1. The number of likely N-dealkylation sites (tertiary alicyclic amines) is 1. The Kier molecular flexibility index (Phi) is 4.65. The minimum absolute atomic E-state index is 0.486. The number of halogens is 1. The highest BCUT2D eigenvalue weighted by Gasteiger charge is 2.34. The number of piperidine rings is 1. The summed E-state index contributed by atoms with van der Waals surface area (Å²) in [4.78, 5) is 2.72. The summed E-state index contributed by atoms with van der Waals surface area (Å²) in [6.45, 7) is 4.77. The lowest BCUT2D eigenvalue weighted by atomic mass is 9.91. The molecule has 2 saturated heterocycles. The fraction of sp³-hybridized carbons (Fsp3) is 0.647. The highest BCUT2D eigenvalue weighted by molar-refractivity contribution is 6.30. The van der Waals surface area contributed by atoms with Gasteiger partial charge in [0.05, 0.1) is 0 Å². The van der Waals surface area contributed by atoms with Crippen LogP contribution < -0.4 is 5.32 Å². The predicted molar refractivity (Wildman–Crippen MR) is 85.2 cm³/mol. The van der Waals surface area contributed by atoms with E-state index in [0.717, 1.165) is 5.02 Å². The lowest BCUT2D eigenvalue weighted by Gasteiger charge is -2.43. The van der Waals surface area contributed by atoms with Gasteiger partial charge in [0.2, 0.25) is 0 Å². The van der Waals surface area contributed by atoms with Crippen molar-refractivity contribution in [1.82, 2.24) is 10.2 Å². The number of rotatable bonds is 3. The molecule has 0 spiro atoms. The highest BCUT2D eigenvalue weighted by Crippen LogP contribution is 2.32. The predicted octanol–water partition coefficient (Wildman–Crippen LogP) is 4.01. The van der Waals surface area contributed by atoms with Gasteiger partial charge in [-0.15, -0.1) is 0 Å². The molecule has 0 bridgehead atoms. The summed E-state index contributed by atoms with van der Waals surface area (Å²) >= 11 is 6.01. The van der Waals surface area contributed by atoms with Crippen LogP contribution in [0.15, 0.2) is 24.3 Å². The van der Waals surface area contributed by atoms with Crippen LogP contribution in [0.3, 0.4) is 0 Å². The first-order chi connectivity index (χ1) is 9.75. The van der Waals surface area contributed by atoms with Crippen LogP contribution in [-0.2, 0) is 0 Å². The van der Waals surface area contributed by atoms with Crippen molar-refractivity contribution in [3.05, 3.63) is 34.9 Å². The van der Waals surface area contributed by atoms with Gasteiger partial charge in [0.15, 0.2) is 0 Å². The van der Waals surface area contributed by atoms with Gasteiger partial charge < -0.3 is 5.32 Å². The molecule has 3 rings (SSSR count). The molecule has 1 aromatic carbocycles. The van der Waals surface area contributed by atoms with Crippen molar-refractivity contribution in [3.8, 4) is 0 Å². The Morgan fingerprint density at radius 3 is 2.65 bits per heavy atom. The molecule has 0 amide bonds. The van der Waals surface area contributed by atoms with Crippen LogP contribution >= 0.6 is 11.6 Å². The molecule has 2 fully saturated rings. The first kappa shape index (κ1) is 14.4. The molecule has 2 heterocycles. The van der Waals surface area contributed by atoms with Gasteiger partial charge in [-0.2, -0.15) is 0 Å². The van der Waals surface area contributed by atoms with Crippen LogP contribution in [0, 0.1) is 0 Å². The van der Waals surface area contributed by atoms with Crippen LogP contribution in [0.25, 0.3) is 0 Å². The van der Waals surface area contributed by atoms with E-state index in [0.29, 0.717) is 18.1 Å². The van der Waals surface area contributed by atoms with Gasteiger partial charge in [0.1, 0.15) is 0 Å². The van der Waals surface area contributed by atoms with E-state index in [2.05, 4.69) is 29.3 Å². The molecule has 3 atom stereocenters. The van der Waals surface area contributed by atoms with Crippen LogP contribution in [0.5, 0.6) is 0 Å². The molecule has 0 aromatic heterocycles. The minimum Gasteiger partial charge on any atom is -0.312 e. The molecule has 2 nitrogen and oxygen atoms in total. The Labute approximate surface area is 127 Å². The average molecular weight is 293 g/mol.